The largest absolute Gasteiger partial charge is 0.394 e. The van der Waals surface area contributed by atoms with Crippen molar-refractivity contribution in [1.29, 1.82) is 0 Å². The van der Waals surface area contributed by atoms with Gasteiger partial charge in [0.1, 0.15) is 5.69 Å². The van der Waals surface area contributed by atoms with E-state index in [0.717, 1.165) is 5.56 Å². The van der Waals surface area contributed by atoms with Crippen LogP contribution in [0.2, 0.25) is 0 Å². The van der Waals surface area contributed by atoms with Gasteiger partial charge in [0.15, 0.2) is 0 Å². The highest BCUT2D eigenvalue weighted by Crippen LogP contribution is 2.28. The van der Waals surface area contributed by atoms with Crippen LogP contribution in [0.25, 0.3) is 0 Å². The zero-order valence-corrected chi connectivity index (χ0v) is 11.0. The molecule has 1 saturated heterocycles. The number of ether oxygens (including phenoxy) is 1. The number of hydrogen-bond acceptors (Lipinski definition) is 7. The number of nitrogens with two attached hydrogens (primary N) is 1. The zero-order valence-electron chi connectivity index (χ0n) is 11.0. The second kappa shape index (κ2) is 6.62. The third-order valence-electron chi connectivity index (χ3n) is 3.29. The highest BCUT2D eigenvalue weighted by atomic mass is 16.6. The van der Waals surface area contributed by atoms with Crippen molar-refractivity contribution < 1.29 is 14.8 Å². The van der Waals surface area contributed by atoms with E-state index < -0.39 is 4.92 Å². The number of nitrogen functional groups attached to an aromatic ring is 1. The van der Waals surface area contributed by atoms with Crippen LogP contribution in [-0.4, -0.2) is 47.3 Å². The fourth-order valence-electron chi connectivity index (χ4n) is 2.31. The first kappa shape index (κ1) is 14.7. The van der Waals surface area contributed by atoms with Crippen molar-refractivity contribution in [2.75, 3.05) is 31.7 Å². The van der Waals surface area contributed by atoms with Crippen LogP contribution in [0.15, 0.2) is 18.2 Å². The number of benzene rings is 1. The molecule has 1 unspecified atom stereocenters. The second-order valence-electron chi connectivity index (χ2n) is 4.62. The number of para-hydroxylation sites is 1. The fraction of sp³-hybridized carbons (Fsp3) is 0.500. The number of hydrazine groups is 1. The molecule has 0 amide bonds. The van der Waals surface area contributed by atoms with Gasteiger partial charge >= 0.3 is 0 Å². The summed E-state index contributed by atoms with van der Waals surface area (Å²) in [5.41, 5.74) is 3.44. The molecule has 0 radical (unpaired) electrons. The van der Waals surface area contributed by atoms with Crippen LogP contribution < -0.4 is 11.3 Å². The number of nitrogens with zero attached hydrogens (tertiary/aromatic N) is 2. The third-order valence-corrected chi connectivity index (χ3v) is 3.29. The van der Waals surface area contributed by atoms with Gasteiger partial charge in [-0.25, -0.2) is 0 Å². The summed E-state index contributed by atoms with van der Waals surface area (Å²) >= 11 is 0. The molecule has 0 spiro atoms. The highest BCUT2D eigenvalue weighted by molar-refractivity contribution is 5.65. The molecule has 1 aromatic rings. The topological polar surface area (TPSA) is 114 Å². The van der Waals surface area contributed by atoms with Crippen LogP contribution in [0.3, 0.4) is 0 Å². The van der Waals surface area contributed by atoms with E-state index in [1.807, 2.05) is 0 Å². The molecule has 1 aliphatic rings. The molecule has 4 N–H and O–H groups in total. The van der Waals surface area contributed by atoms with Gasteiger partial charge in [0.2, 0.25) is 0 Å². The number of aliphatic hydroxyl groups is 1. The maximum Gasteiger partial charge on any atom is 0.293 e. The number of anilines is 1. The molecule has 1 atom stereocenters. The molecule has 1 fully saturated rings. The lowest BCUT2D eigenvalue weighted by atomic mass is 10.1. The smallest absolute Gasteiger partial charge is 0.293 e. The lowest BCUT2D eigenvalue weighted by molar-refractivity contribution is -0.384. The first-order chi connectivity index (χ1) is 9.65. The van der Waals surface area contributed by atoms with Crippen LogP contribution in [0, 0.1) is 10.1 Å². The lowest BCUT2D eigenvalue weighted by Crippen LogP contribution is -2.43. The van der Waals surface area contributed by atoms with Gasteiger partial charge in [0.25, 0.3) is 5.69 Å². The summed E-state index contributed by atoms with van der Waals surface area (Å²) < 4.78 is 5.37. The Balaban J connectivity index is 2.16. The monoisotopic (exact) mass is 282 g/mol. The van der Waals surface area contributed by atoms with Gasteiger partial charge in [-0.2, -0.15) is 0 Å². The predicted octanol–water partition coefficient (Wildman–Crippen LogP) is 0.0735. The fourth-order valence-corrected chi connectivity index (χ4v) is 2.31. The lowest BCUT2D eigenvalue weighted by Gasteiger charge is -2.32. The Bertz CT molecular complexity index is 483. The second-order valence-corrected chi connectivity index (χ2v) is 4.62. The molecule has 0 saturated carbocycles. The van der Waals surface area contributed by atoms with Gasteiger partial charge in [-0.3, -0.25) is 20.9 Å². The number of aliphatic hydroxyl groups excluding tert-OH is 1. The standard InChI is InChI=1S/C12H18N4O4/c13-14-12-9(2-1-3-11(12)16(18)19)6-15-4-5-20-10(7-15)8-17/h1-3,10,14,17H,4-8,13H2. The Morgan fingerprint density at radius 2 is 2.40 bits per heavy atom. The maximum atomic E-state index is 11.0. The van der Waals surface area contributed by atoms with E-state index in [2.05, 4.69) is 10.3 Å². The van der Waals surface area contributed by atoms with E-state index in [1.165, 1.54) is 6.07 Å². The molecule has 0 aromatic heterocycles. The zero-order chi connectivity index (χ0) is 14.5. The van der Waals surface area contributed by atoms with Crippen molar-refractivity contribution in [3.05, 3.63) is 33.9 Å². The Labute approximate surface area is 116 Å². The summed E-state index contributed by atoms with van der Waals surface area (Å²) in [6.07, 6.45) is -0.211. The molecule has 0 bridgehead atoms. The maximum absolute atomic E-state index is 11.0. The number of nitro benzene ring substituents is 1. The van der Waals surface area contributed by atoms with Crippen molar-refractivity contribution in [2.45, 2.75) is 12.6 Å². The Morgan fingerprint density at radius 3 is 3.05 bits per heavy atom. The van der Waals surface area contributed by atoms with Crippen LogP contribution in [0.1, 0.15) is 5.56 Å². The molecule has 2 rings (SSSR count). The summed E-state index contributed by atoms with van der Waals surface area (Å²) in [5, 5.41) is 20.1. The molecular weight excluding hydrogens is 264 g/mol. The average Bonchev–Trinajstić information content (AvgIpc) is 2.47. The molecule has 8 nitrogen and oxygen atoms in total. The van der Waals surface area contributed by atoms with E-state index in [0.29, 0.717) is 31.9 Å². The van der Waals surface area contributed by atoms with E-state index >= 15 is 0 Å². The van der Waals surface area contributed by atoms with Crippen LogP contribution in [-0.2, 0) is 11.3 Å². The Morgan fingerprint density at radius 1 is 1.60 bits per heavy atom. The quantitative estimate of drug-likeness (QED) is 0.398. The minimum atomic E-state index is -0.464. The summed E-state index contributed by atoms with van der Waals surface area (Å²) in [7, 11) is 0. The molecule has 1 aliphatic heterocycles. The molecular formula is C12H18N4O4. The van der Waals surface area contributed by atoms with E-state index in [4.69, 9.17) is 15.7 Å². The van der Waals surface area contributed by atoms with Crippen molar-refractivity contribution in [2.24, 2.45) is 5.84 Å². The van der Waals surface area contributed by atoms with Crippen LogP contribution in [0.5, 0.6) is 0 Å². The number of hydrogen-bond donors (Lipinski definition) is 3. The van der Waals surface area contributed by atoms with Crippen molar-refractivity contribution in [3.63, 3.8) is 0 Å². The third kappa shape index (κ3) is 3.23. The predicted molar refractivity (Wildman–Crippen MR) is 73.0 cm³/mol. The summed E-state index contributed by atoms with van der Waals surface area (Å²) in [5.74, 6) is 5.41. The summed E-state index contributed by atoms with van der Waals surface area (Å²) in [4.78, 5) is 12.6. The van der Waals surface area contributed by atoms with Crippen molar-refractivity contribution in [3.8, 4) is 0 Å². The summed E-state index contributed by atoms with van der Waals surface area (Å²) in [6.45, 7) is 2.31. The first-order valence-electron chi connectivity index (χ1n) is 6.33. The molecule has 0 aliphatic carbocycles. The van der Waals surface area contributed by atoms with Gasteiger partial charge in [-0.15, -0.1) is 0 Å². The van der Waals surface area contributed by atoms with E-state index in [9.17, 15) is 10.1 Å². The van der Waals surface area contributed by atoms with Gasteiger partial charge < -0.3 is 15.3 Å². The number of nitro groups is 1. The highest BCUT2D eigenvalue weighted by Gasteiger charge is 2.22. The average molecular weight is 282 g/mol. The minimum Gasteiger partial charge on any atom is -0.394 e. The van der Waals surface area contributed by atoms with Gasteiger partial charge in [0.05, 0.1) is 24.2 Å². The first-order valence-corrected chi connectivity index (χ1v) is 6.33. The van der Waals surface area contributed by atoms with Crippen molar-refractivity contribution >= 4 is 11.4 Å². The molecule has 20 heavy (non-hydrogen) atoms. The Kier molecular flexibility index (Phi) is 4.85. The van der Waals surface area contributed by atoms with Crippen LogP contribution in [0.4, 0.5) is 11.4 Å². The van der Waals surface area contributed by atoms with E-state index in [-0.39, 0.29) is 18.4 Å². The summed E-state index contributed by atoms with van der Waals surface area (Å²) in [6, 6.07) is 4.85. The number of nitrogens with one attached hydrogen (secondary N) is 1. The normalized spacial score (nSPS) is 19.8. The number of morpholine rings is 1. The van der Waals surface area contributed by atoms with Crippen LogP contribution >= 0.6 is 0 Å². The van der Waals surface area contributed by atoms with Crippen molar-refractivity contribution in [1.82, 2.24) is 4.90 Å². The van der Waals surface area contributed by atoms with Gasteiger partial charge in [-0.1, -0.05) is 12.1 Å². The SMILES string of the molecule is NNc1c(CN2CCOC(CO)C2)cccc1[N+](=O)[O-]. The molecule has 8 heteroatoms. The molecule has 1 heterocycles. The molecule has 110 valence electrons. The van der Waals surface area contributed by atoms with Gasteiger partial charge in [0, 0.05) is 25.7 Å². The van der Waals surface area contributed by atoms with Gasteiger partial charge in [-0.05, 0) is 5.56 Å². The minimum absolute atomic E-state index is 0.0343. The van der Waals surface area contributed by atoms with E-state index in [1.54, 1.807) is 12.1 Å². The Hall–Kier alpha value is -1.74. The number of rotatable bonds is 5. The molecule has 1 aromatic carbocycles.